The van der Waals surface area contributed by atoms with E-state index in [9.17, 15) is 18.0 Å². The van der Waals surface area contributed by atoms with Crippen molar-refractivity contribution in [2.24, 2.45) is 0 Å². The lowest BCUT2D eigenvalue weighted by molar-refractivity contribution is -0.117. The highest BCUT2D eigenvalue weighted by Gasteiger charge is 2.21. The number of hydrogen-bond acceptors (Lipinski definition) is 6. The quantitative estimate of drug-likeness (QED) is 0.630. The Morgan fingerprint density at radius 1 is 1.03 bits per heavy atom. The summed E-state index contributed by atoms with van der Waals surface area (Å²) in [5.74, 6) is 0.0268. The van der Waals surface area contributed by atoms with Crippen LogP contribution in [0.25, 0.3) is 0 Å². The average Bonchev–Trinajstić information content (AvgIpc) is 2.72. The highest BCUT2D eigenvalue weighted by molar-refractivity contribution is 7.91. The number of sulfone groups is 1. The standard InChI is InChI=1S/C22H23N3O5S/c1-14-11-15(2)22(16(3)12-14)23-19(26)13-25-21(27)10-9-20(24-25)31(28,29)18-7-5-17(30-4)6-8-18/h5-12H,13H2,1-4H3,(H,23,26). The third-order valence-electron chi connectivity index (χ3n) is 4.72. The van der Waals surface area contributed by atoms with Crippen molar-refractivity contribution >= 4 is 21.4 Å². The number of benzene rings is 2. The summed E-state index contributed by atoms with van der Waals surface area (Å²) in [6, 6.07) is 11.9. The van der Waals surface area contributed by atoms with Crippen LogP contribution in [0.5, 0.6) is 5.75 Å². The zero-order chi connectivity index (χ0) is 22.8. The summed E-state index contributed by atoms with van der Waals surface area (Å²) < 4.78 is 31.6. The van der Waals surface area contributed by atoms with Crippen molar-refractivity contribution in [2.75, 3.05) is 12.4 Å². The van der Waals surface area contributed by atoms with Crippen LogP contribution in [-0.2, 0) is 21.2 Å². The molecule has 1 N–H and O–H groups in total. The number of aromatic nitrogens is 2. The van der Waals surface area contributed by atoms with E-state index in [4.69, 9.17) is 4.74 Å². The van der Waals surface area contributed by atoms with Gasteiger partial charge >= 0.3 is 0 Å². The zero-order valence-corrected chi connectivity index (χ0v) is 18.5. The van der Waals surface area contributed by atoms with Gasteiger partial charge in [-0.2, -0.15) is 5.10 Å². The zero-order valence-electron chi connectivity index (χ0n) is 17.7. The number of nitrogens with zero attached hydrogens (tertiary/aromatic N) is 2. The van der Waals surface area contributed by atoms with E-state index in [-0.39, 0.29) is 9.92 Å². The number of aryl methyl sites for hydroxylation is 3. The van der Waals surface area contributed by atoms with Gasteiger partial charge in [0.1, 0.15) is 12.3 Å². The molecule has 3 rings (SSSR count). The van der Waals surface area contributed by atoms with E-state index in [1.165, 1.54) is 31.4 Å². The predicted molar refractivity (Wildman–Crippen MR) is 116 cm³/mol. The number of carbonyl (C=O) groups is 1. The van der Waals surface area contributed by atoms with Crippen LogP contribution < -0.4 is 15.6 Å². The van der Waals surface area contributed by atoms with Crippen molar-refractivity contribution in [3.05, 3.63) is 75.6 Å². The molecular formula is C22H23N3O5S. The fourth-order valence-electron chi connectivity index (χ4n) is 3.25. The highest BCUT2D eigenvalue weighted by atomic mass is 32.2. The molecule has 162 valence electrons. The number of nitrogens with one attached hydrogen (secondary N) is 1. The van der Waals surface area contributed by atoms with Gasteiger partial charge in [-0.3, -0.25) is 9.59 Å². The van der Waals surface area contributed by atoms with Crippen LogP contribution in [0.3, 0.4) is 0 Å². The van der Waals surface area contributed by atoms with Crippen molar-refractivity contribution in [3.63, 3.8) is 0 Å². The van der Waals surface area contributed by atoms with E-state index in [0.29, 0.717) is 11.4 Å². The summed E-state index contributed by atoms with van der Waals surface area (Å²) in [6.45, 7) is 5.30. The minimum Gasteiger partial charge on any atom is -0.497 e. The molecule has 1 heterocycles. The number of anilines is 1. The van der Waals surface area contributed by atoms with E-state index in [1.54, 1.807) is 0 Å². The molecule has 1 aromatic heterocycles. The van der Waals surface area contributed by atoms with Gasteiger partial charge < -0.3 is 10.1 Å². The van der Waals surface area contributed by atoms with Crippen LogP contribution in [-0.4, -0.2) is 31.2 Å². The normalized spacial score (nSPS) is 11.2. The lowest BCUT2D eigenvalue weighted by Crippen LogP contribution is -2.30. The molecule has 0 bridgehead atoms. The molecule has 0 saturated carbocycles. The molecule has 31 heavy (non-hydrogen) atoms. The summed E-state index contributed by atoms with van der Waals surface area (Å²) in [4.78, 5) is 24.7. The number of ether oxygens (including phenoxy) is 1. The first-order valence-corrected chi connectivity index (χ1v) is 10.9. The van der Waals surface area contributed by atoms with Gasteiger partial charge in [0, 0.05) is 11.8 Å². The van der Waals surface area contributed by atoms with Gasteiger partial charge in [-0.1, -0.05) is 17.7 Å². The lowest BCUT2D eigenvalue weighted by Gasteiger charge is -2.13. The van der Waals surface area contributed by atoms with Gasteiger partial charge in [0.15, 0.2) is 5.03 Å². The molecule has 2 aromatic carbocycles. The number of rotatable bonds is 6. The number of carbonyl (C=O) groups excluding carboxylic acids is 1. The third kappa shape index (κ3) is 4.83. The second-order valence-electron chi connectivity index (χ2n) is 7.17. The van der Waals surface area contributed by atoms with Crippen LogP contribution in [0.4, 0.5) is 5.69 Å². The smallest absolute Gasteiger partial charge is 0.267 e. The molecule has 0 saturated heterocycles. The lowest BCUT2D eigenvalue weighted by atomic mass is 10.1. The summed E-state index contributed by atoms with van der Waals surface area (Å²) in [5, 5.41) is 6.38. The Kier molecular flexibility index (Phi) is 6.26. The topological polar surface area (TPSA) is 107 Å². The largest absolute Gasteiger partial charge is 0.497 e. The van der Waals surface area contributed by atoms with Gasteiger partial charge in [-0.25, -0.2) is 13.1 Å². The SMILES string of the molecule is COc1ccc(S(=O)(=O)c2ccc(=O)n(CC(=O)Nc3c(C)cc(C)cc3C)n2)cc1. The van der Waals surface area contributed by atoms with Gasteiger partial charge in [-0.15, -0.1) is 0 Å². The van der Waals surface area contributed by atoms with Crippen molar-refractivity contribution in [3.8, 4) is 5.75 Å². The fraction of sp³-hybridized carbons (Fsp3) is 0.227. The summed E-state index contributed by atoms with van der Waals surface area (Å²) in [7, 11) is -2.50. The number of methoxy groups -OCH3 is 1. The average molecular weight is 442 g/mol. The van der Waals surface area contributed by atoms with E-state index in [0.717, 1.165) is 33.5 Å². The Morgan fingerprint density at radius 2 is 1.65 bits per heavy atom. The summed E-state index contributed by atoms with van der Waals surface area (Å²) in [6.07, 6.45) is 0. The first-order chi connectivity index (χ1) is 14.6. The number of hydrogen-bond donors (Lipinski definition) is 1. The summed E-state index contributed by atoms with van der Waals surface area (Å²) in [5.41, 5.74) is 2.93. The van der Waals surface area contributed by atoms with Gasteiger partial charge in [0.2, 0.25) is 15.7 Å². The maximum absolute atomic E-state index is 12.9. The monoisotopic (exact) mass is 441 g/mol. The minimum absolute atomic E-state index is 0.00126. The maximum atomic E-state index is 12.9. The molecule has 0 aliphatic rings. The van der Waals surface area contributed by atoms with E-state index < -0.39 is 27.8 Å². The van der Waals surface area contributed by atoms with E-state index in [1.807, 2.05) is 32.9 Å². The molecule has 0 fully saturated rings. The Balaban J connectivity index is 1.87. The van der Waals surface area contributed by atoms with E-state index in [2.05, 4.69) is 10.4 Å². The second kappa shape index (κ2) is 8.73. The Bertz CT molecular complexity index is 1270. The van der Waals surface area contributed by atoms with Crippen LogP contribution in [0, 0.1) is 20.8 Å². The van der Waals surface area contributed by atoms with Crippen molar-refractivity contribution < 1.29 is 17.9 Å². The van der Waals surface area contributed by atoms with Crippen molar-refractivity contribution in [2.45, 2.75) is 37.2 Å². The first kappa shape index (κ1) is 22.2. The van der Waals surface area contributed by atoms with Crippen LogP contribution >= 0.6 is 0 Å². The molecule has 0 atom stereocenters. The van der Waals surface area contributed by atoms with Crippen molar-refractivity contribution in [1.29, 1.82) is 0 Å². The molecule has 9 heteroatoms. The molecule has 8 nitrogen and oxygen atoms in total. The van der Waals surface area contributed by atoms with Gasteiger partial charge in [0.25, 0.3) is 5.56 Å². The molecule has 0 unspecified atom stereocenters. The van der Waals surface area contributed by atoms with Gasteiger partial charge in [-0.05, 0) is 62.2 Å². The number of amides is 1. The molecule has 0 aliphatic heterocycles. The second-order valence-corrected chi connectivity index (χ2v) is 9.06. The molecule has 0 spiro atoms. The molecule has 3 aromatic rings. The van der Waals surface area contributed by atoms with E-state index >= 15 is 0 Å². The Labute approximate surface area is 180 Å². The van der Waals surface area contributed by atoms with Gasteiger partial charge in [0.05, 0.1) is 12.0 Å². The fourth-order valence-corrected chi connectivity index (χ4v) is 4.44. The maximum Gasteiger partial charge on any atom is 0.267 e. The Hall–Kier alpha value is -3.46. The third-order valence-corrected chi connectivity index (χ3v) is 6.38. The van der Waals surface area contributed by atoms with Crippen LogP contribution in [0.15, 0.2) is 63.2 Å². The first-order valence-electron chi connectivity index (χ1n) is 9.47. The molecule has 0 aliphatic carbocycles. The highest BCUT2D eigenvalue weighted by Crippen LogP contribution is 2.22. The summed E-state index contributed by atoms with van der Waals surface area (Å²) >= 11 is 0. The van der Waals surface area contributed by atoms with Crippen LogP contribution in [0.2, 0.25) is 0 Å². The Morgan fingerprint density at radius 3 is 2.23 bits per heavy atom. The molecule has 0 radical (unpaired) electrons. The minimum atomic E-state index is -3.97. The molecule has 1 amide bonds. The van der Waals surface area contributed by atoms with Crippen molar-refractivity contribution in [1.82, 2.24) is 9.78 Å². The van der Waals surface area contributed by atoms with Crippen LogP contribution in [0.1, 0.15) is 16.7 Å². The predicted octanol–water partition coefficient (Wildman–Crippen LogP) is 2.65. The molecular weight excluding hydrogens is 418 g/mol.